The zero-order chi connectivity index (χ0) is 18.1. The molecule has 4 rings (SSSR count). The van der Waals surface area contributed by atoms with Gasteiger partial charge >= 0.3 is 0 Å². The number of benzene rings is 1. The van der Waals surface area contributed by atoms with Crippen molar-refractivity contribution in [2.75, 3.05) is 5.32 Å². The number of hydrogen-bond acceptors (Lipinski definition) is 5. The fourth-order valence-electron chi connectivity index (χ4n) is 2.46. The van der Waals surface area contributed by atoms with E-state index in [2.05, 4.69) is 15.4 Å². The summed E-state index contributed by atoms with van der Waals surface area (Å²) in [7, 11) is 0. The molecule has 8 heteroatoms. The Labute approximate surface area is 151 Å². The van der Waals surface area contributed by atoms with Crippen molar-refractivity contribution in [3.8, 4) is 16.6 Å². The van der Waals surface area contributed by atoms with Gasteiger partial charge in [0.1, 0.15) is 17.3 Å². The molecule has 3 aromatic heterocycles. The predicted molar refractivity (Wildman–Crippen MR) is 96.0 cm³/mol. The zero-order valence-electron chi connectivity index (χ0n) is 13.6. The van der Waals surface area contributed by atoms with Gasteiger partial charge in [0.25, 0.3) is 5.91 Å². The van der Waals surface area contributed by atoms with Crippen molar-refractivity contribution in [1.82, 2.24) is 14.8 Å². The van der Waals surface area contributed by atoms with Crippen molar-refractivity contribution >= 4 is 23.1 Å². The van der Waals surface area contributed by atoms with Gasteiger partial charge in [0.05, 0.1) is 17.5 Å². The Morgan fingerprint density at radius 1 is 1.27 bits per heavy atom. The minimum Gasteiger partial charge on any atom is -0.463 e. The van der Waals surface area contributed by atoms with Crippen LogP contribution in [0, 0.1) is 12.7 Å². The first kappa shape index (κ1) is 16.2. The number of halogens is 1. The number of carbonyl (C=O) groups is 1. The van der Waals surface area contributed by atoms with Crippen molar-refractivity contribution in [1.29, 1.82) is 0 Å². The summed E-state index contributed by atoms with van der Waals surface area (Å²) in [5.41, 5.74) is 1.34. The molecule has 1 aromatic carbocycles. The molecule has 3 heterocycles. The number of nitrogens with one attached hydrogen (secondary N) is 1. The molecule has 6 nitrogen and oxygen atoms in total. The highest BCUT2D eigenvalue weighted by Gasteiger charge is 2.17. The number of thiazole rings is 1. The lowest BCUT2D eigenvalue weighted by atomic mass is 10.2. The third kappa shape index (κ3) is 3.02. The summed E-state index contributed by atoms with van der Waals surface area (Å²) in [5, 5.41) is 9.47. The van der Waals surface area contributed by atoms with E-state index in [1.807, 2.05) is 11.4 Å². The molecular formula is C18H13FN4O2S. The second-order valence-electron chi connectivity index (χ2n) is 5.51. The van der Waals surface area contributed by atoms with Crippen molar-refractivity contribution in [3.63, 3.8) is 0 Å². The Morgan fingerprint density at radius 2 is 2.12 bits per heavy atom. The largest absolute Gasteiger partial charge is 0.463 e. The van der Waals surface area contributed by atoms with Crippen LogP contribution in [0.1, 0.15) is 16.1 Å². The number of furan rings is 1. The molecule has 0 spiro atoms. The van der Waals surface area contributed by atoms with Gasteiger partial charge in [0, 0.05) is 11.4 Å². The molecule has 0 fully saturated rings. The average molecular weight is 368 g/mol. The molecule has 0 bridgehead atoms. The van der Waals surface area contributed by atoms with E-state index in [9.17, 15) is 9.18 Å². The fourth-order valence-corrected chi connectivity index (χ4v) is 3.24. The Hall–Kier alpha value is -3.26. The van der Waals surface area contributed by atoms with Gasteiger partial charge in [-0.25, -0.2) is 9.37 Å². The normalized spacial score (nSPS) is 10.8. The second kappa shape index (κ2) is 6.57. The monoisotopic (exact) mass is 368 g/mol. The predicted octanol–water partition coefficient (Wildman–Crippen LogP) is 4.29. The molecule has 4 aromatic rings. The van der Waals surface area contributed by atoms with Crippen LogP contribution in [0.25, 0.3) is 16.6 Å². The van der Waals surface area contributed by atoms with Crippen molar-refractivity contribution in [2.24, 2.45) is 0 Å². The Kier molecular flexibility index (Phi) is 4.10. The quantitative estimate of drug-likeness (QED) is 0.583. The third-order valence-electron chi connectivity index (χ3n) is 3.64. The van der Waals surface area contributed by atoms with E-state index < -0.39 is 11.7 Å². The van der Waals surface area contributed by atoms with Gasteiger partial charge < -0.3 is 9.73 Å². The van der Waals surface area contributed by atoms with E-state index in [1.54, 1.807) is 31.4 Å². The summed E-state index contributed by atoms with van der Waals surface area (Å²) in [6, 6.07) is 11.1. The number of rotatable bonds is 4. The molecule has 26 heavy (non-hydrogen) atoms. The first-order valence-corrected chi connectivity index (χ1v) is 8.62. The maximum absolute atomic E-state index is 13.8. The van der Waals surface area contributed by atoms with Gasteiger partial charge in [-0.05, 0) is 31.2 Å². The summed E-state index contributed by atoms with van der Waals surface area (Å²) < 4.78 is 20.7. The van der Waals surface area contributed by atoms with Crippen LogP contribution < -0.4 is 5.32 Å². The van der Waals surface area contributed by atoms with Gasteiger partial charge in [0.2, 0.25) is 5.13 Å². The van der Waals surface area contributed by atoms with E-state index in [-0.39, 0.29) is 5.56 Å². The van der Waals surface area contributed by atoms with E-state index in [0.29, 0.717) is 28.1 Å². The lowest BCUT2D eigenvalue weighted by molar-refractivity contribution is 0.102. The van der Waals surface area contributed by atoms with Crippen LogP contribution in [0.2, 0.25) is 0 Å². The van der Waals surface area contributed by atoms with Gasteiger partial charge in [-0.2, -0.15) is 9.78 Å². The molecule has 1 amide bonds. The molecule has 0 saturated heterocycles. The molecule has 0 aliphatic heterocycles. The minimum atomic E-state index is -0.581. The molecule has 0 saturated carbocycles. The van der Waals surface area contributed by atoms with Crippen LogP contribution in [0.4, 0.5) is 10.2 Å². The Balaban J connectivity index is 1.65. The number of amides is 1. The average Bonchev–Trinajstić information content (AvgIpc) is 3.35. The van der Waals surface area contributed by atoms with Crippen LogP contribution in [0.3, 0.4) is 0 Å². The molecule has 0 atom stereocenters. The Morgan fingerprint density at radius 3 is 2.88 bits per heavy atom. The summed E-state index contributed by atoms with van der Waals surface area (Å²) >= 11 is 1.36. The van der Waals surface area contributed by atoms with Crippen molar-refractivity contribution < 1.29 is 13.6 Å². The fraction of sp³-hybridized carbons (Fsp3) is 0.0556. The maximum atomic E-state index is 13.8. The van der Waals surface area contributed by atoms with E-state index >= 15 is 0 Å². The topological polar surface area (TPSA) is 73.0 Å². The SMILES string of the molecule is Cc1cc(NC(=O)c2ccccc2F)n(-c2nc(-c3ccco3)cs2)n1. The highest BCUT2D eigenvalue weighted by molar-refractivity contribution is 7.12. The van der Waals surface area contributed by atoms with Gasteiger partial charge in [-0.1, -0.05) is 12.1 Å². The third-order valence-corrected chi connectivity index (χ3v) is 4.45. The maximum Gasteiger partial charge on any atom is 0.259 e. The van der Waals surface area contributed by atoms with Gasteiger partial charge in [-0.15, -0.1) is 11.3 Å². The molecule has 0 aliphatic rings. The van der Waals surface area contributed by atoms with Crippen molar-refractivity contribution in [2.45, 2.75) is 6.92 Å². The summed E-state index contributed by atoms with van der Waals surface area (Å²) in [6.07, 6.45) is 1.58. The first-order chi connectivity index (χ1) is 12.6. The number of carbonyl (C=O) groups excluding carboxylic acids is 1. The lowest BCUT2D eigenvalue weighted by Gasteiger charge is -2.07. The second-order valence-corrected chi connectivity index (χ2v) is 6.35. The summed E-state index contributed by atoms with van der Waals surface area (Å²) in [4.78, 5) is 16.9. The minimum absolute atomic E-state index is 0.0340. The number of aryl methyl sites for hydroxylation is 1. The smallest absolute Gasteiger partial charge is 0.259 e. The van der Waals surface area contributed by atoms with E-state index in [1.165, 1.54) is 34.2 Å². The van der Waals surface area contributed by atoms with E-state index in [0.717, 1.165) is 0 Å². The van der Waals surface area contributed by atoms with Crippen LogP contribution in [0.15, 0.2) is 58.5 Å². The standard InChI is InChI=1S/C18H13FN4O2S/c1-11-9-16(21-17(24)12-5-2-3-6-13(12)19)23(22-11)18-20-14(10-26-18)15-7-4-8-25-15/h2-10H,1H3,(H,21,24). The van der Waals surface area contributed by atoms with Crippen molar-refractivity contribution in [3.05, 3.63) is 71.2 Å². The van der Waals surface area contributed by atoms with Crippen LogP contribution in [0.5, 0.6) is 0 Å². The lowest BCUT2D eigenvalue weighted by Crippen LogP contribution is -2.16. The number of aromatic nitrogens is 3. The Bertz CT molecular complexity index is 1070. The van der Waals surface area contributed by atoms with Gasteiger partial charge in [0.15, 0.2) is 5.76 Å². The molecule has 130 valence electrons. The van der Waals surface area contributed by atoms with Crippen LogP contribution >= 0.6 is 11.3 Å². The zero-order valence-corrected chi connectivity index (χ0v) is 14.5. The molecule has 0 unspecified atom stereocenters. The molecule has 0 aliphatic carbocycles. The summed E-state index contributed by atoms with van der Waals surface area (Å²) in [6.45, 7) is 1.80. The number of nitrogens with zero attached hydrogens (tertiary/aromatic N) is 3. The highest BCUT2D eigenvalue weighted by Crippen LogP contribution is 2.26. The van der Waals surface area contributed by atoms with Crippen LogP contribution in [-0.2, 0) is 0 Å². The molecule has 0 radical (unpaired) electrons. The highest BCUT2D eigenvalue weighted by atomic mass is 32.1. The van der Waals surface area contributed by atoms with Crippen LogP contribution in [-0.4, -0.2) is 20.7 Å². The first-order valence-electron chi connectivity index (χ1n) is 7.74. The van der Waals surface area contributed by atoms with E-state index in [4.69, 9.17) is 4.42 Å². The summed E-state index contributed by atoms with van der Waals surface area (Å²) in [5.74, 6) is -0.0707. The number of anilines is 1. The van der Waals surface area contributed by atoms with Gasteiger partial charge in [-0.3, -0.25) is 4.79 Å². The molecule has 1 N–H and O–H groups in total. The molecular weight excluding hydrogens is 355 g/mol. The number of hydrogen-bond donors (Lipinski definition) is 1.